The third-order valence-corrected chi connectivity index (χ3v) is 3.67. The van der Waals surface area contributed by atoms with Gasteiger partial charge in [0.25, 0.3) is 0 Å². The van der Waals surface area contributed by atoms with Crippen LogP contribution in [0.1, 0.15) is 25.6 Å². The van der Waals surface area contributed by atoms with Crippen molar-refractivity contribution >= 4 is 26.7 Å². The molecule has 0 amide bonds. The Kier molecular flexibility index (Phi) is 3.51. The zero-order valence-electron chi connectivity index (χ0n) is 11.0. The lowest BCUT2D eigenvalue weighted by Gasteiger charge is -2.10. The fourth-order valence-electron chi connectivity index (χ4n) is 2.06. The van der Waals surface area contributed by atoms with Gasteiger partial charge in [-0.2, -0.15) is 0 Å². The third kappa shape index (κ3) is 3.05. The first-order valence-corrected chi connectivity index (χ1v) is 7.75. The van der Waals surface area contributed by atoms with Crippen LogP contribution in [0, 0.1) is 0 Å². The highest BCUT2D eigenvalue weighted by molar-refractivity contribution is 7.89. The Morgan fingerprint density at radius 1 is 1.37 bits per heavy atom. The lowest BCUT2D eigenvalue weighted by Crippen LogP contribution is -2.21. The van der Waals surface area contributed by atoms with Gasteiger partial charge in [0, 0.05) is 18.2 Å². The molecule has 0 aliphatic heterocycles. The standard InChI is InChI=1S/C12H18N4O2S/c1-8(2)12-15-10-7-9(13)3-4-11(10)16(12)5-6-19(14,17)18/h3-4,7-8H,5-6,13H2,1-2H3,(H2,14,17,18). The molecule has 1 aromatic heterocycles. The van der Waals surface area contributed by atoms with E-state index in [0.29, 0.717) is 12.2 Å². The second-order valence-corrected chi connectivity index (χ2v) is 6.63. The van der Waals surface area contributed by atoms with E-state index in [2.05, 4.69) is 4.98 Å². The van der Waals surface area contributed by atoms with E-state index in [1.165, 1.54) is 0 Å². The molecule has 0 radical (unpaired) electrons. The van der Waals surface area contributed by atoms with Gasteiger partial charge in [0.1, 0.15) is 5.82 Å². The predicted octanol–water partition coefficient (Wildman–Crippen LogP) is 1.03. The van der Waals surface area contributed by atoms with Crippen molar-refractivity contribution in [3.63, 3.8) is 0 Å². The Morgan fingerprint density at radius 2 is 2.05 bits per heavy atom. The monoisotopic (exact) mass is 282 g/mol. The van der Waals surface area contributed by atoms with Crippen molar-refractivity contribution in [1.29, 1.82) is 0 Å². The van der Waals surface area contributed by atoms with E-state index in [0.717, 1.165) is 16.9 Å². The van der Waals surface area contributed by atoms with Gasteiger partial charge >= 0.3 is 0 Å². The van der Waals surface area contributed by atoms with Gasteiger partial charge in [-0.1, -0.05) is 13.8 Å². The molecule has 0 saturated carbocycles. The second-order valence-electron chi connectivity index (χ2n) is 4.89. The minimum absolute atomic E-state index is 0.109. The number of nitrogens with two attached hydrogens (primary N) is 2. The SMILES string of the molecule is CC(C)c1nc2cc(N)ccc2n1CCS(N)(=O)=O. The quantitative estimate of drug-likeness (QED) is 0.817. The van der Waals surface area contributed by atoms with Crippen LogP contribution in [-0.2, 0) is 16.6 Å². The van der Waals surface area contributed by atoms with Gasteiger partial charge < -0.3 is 10.3 Å². The van der Waals surface area contributed by atoms with Crippen LogP contribution in [0.25, 0.3) is 11.0 Å². The molecule has 1 heterocycles. The molecule has 0 spiro atoms. The van der Waals surface area contributed by atoms with Gasteiger partial charge in [-0.25, -0.2) is 18.5 Å². The maximum absolute atomic E-state index is 11.1. The fourth-order valence-corrected chi connectivity index (χ4v) is 2.50. The van der Waals surface area contributed by atoms with E-state index < -0.39 is 10.0 Å². The summed E-state index contributed by atoms with van der Waals surface area (Å²) >= 11 is 0. The Morgan fingerprint density at radius 3 is 2.63 bits per heavy atom. The number of hydrogen-bond acceptors (Lipinski definition) is 4. The molecule has 0 aliphatic rings. The van der Waals surface area contributed by atoms with Crippen LogP contribution < -0.4 is 10.9 Å². The number of benzene rings is 1. The zero-order valence-corrected chi connectivity index (χ0v) is 11.8. The van der Waals surface area contributed by atoms with E-state index >= 15 is 0 Å². The van der Waals surface area contributed by atoms with Gasteiger partial charge in [-0.15, -0.1) is 0 Å². The topological polar surface area (TPSA) is 104 Å². The Bertz CT molecular complexity index is 704. The molecular weight excluding hydrogens is 264 g/mol. The second kappa shape index (κ2) is 4.82. The van der Waals surface area contributed by atoms with Crippen molar-refractivity contribution < 1.29 is 8.42 Å². The first-order valence-electron chi connectivity index (χ1n) is 6.04. The summed E-state index contributed by atoms with van der Waals surface area (Å²) in [7, 11) is -3.49. The Hall–Kier alpha value is -1.60. The number of rotatable bonds is 4. The lowest BCUT2D eigenvalue weighted by molar-refractivity contribution is 0.587. The summed E-state index contributed by atoms with van der Waals surface area (Å²) in [6, 6.07) is 5.42. The van der Waals surface area contributed by atoms with Crippen LogP contribution in [0.3, 0.4) is 0 Å². The highest BCUT2D eigenvalue weighted by Gasteiger charge is 2.15. The number of aryl methyl sites for hydroxylation is 1. The van der Waals surface area contributed by atoms with Crippen molar-refractivity contribution in [2.45, 2.75) is 26.3 Å². The van der Waals surface area contributed by atoms with E-state index in [1.807, 2.05) is 24.5 Å². The number of primary sulfonamides is 1. The fraction of sp³-hybridized carbons (Fsp3) is 0.417. The van der Waals surface area contributed by atoms with E-state index in [-0.39, 0.29) is 11.7 Å². The molecule has 0 aliphatic carbocycles. The van der Waals surface area contributed by atoms with Crippen molar-refractivity contribution in [3.05, 3.63) is 24.0 Å². The molecule has 0 bridgehead atoms. The van der Waals surface area contributed by atoms with E-state index in [1.54, 1.807) is 12.1 Å². The summed E-state index contributed by atoms with van der Waals surface area (Å²) in [6.45, 7) is 4.32. The van der Waals surface area contributed by atoms with Gasteiger partial charge in [0.05, 0.1) is 16.8 Å². The van der Waals surface area contributed by atoms with Crippen molar-refractivity contribution in [2.75, 3.05) is 11.5 Å². The summed E-state index contributed by atoms with van der Waals surface area (Å²) in [5.74, 6) is 0.918. The van der Waals surface area contributed by atoms with Gasteiger partial charge in [0.2, 0.25) is 10.0 Å². The average Bonchev–Trinajstić information content (AvgIpc) is 2.63. The minimum Gasteiger partial charge on any atom is -0.399 e. The molecular formula is C12H18N4O2S. The number of imidazole rings is 1. The molecule has 0 fully saturated rings. The minimum atomic E-state index is -3.49. The van der Waals surface area contributed by atoms with E-state index in [9.17, 15) is 8.42 Å². The molecule has 6 nitrogen and oxygen atoms in total. The van der Waals surface area contributed by atoms with Gasteiger partial charge in [-0.3, -0.25) is 0 Å². The zero-order chi connectivity index (χ0) is 14.2. The largest absolute Gasteiger partial charge is 0.399 e. The molecule has 2 rings (SSSR count). The van der Waals surface area contributed by atoms with Crippen LogP contribution in [-0.4, -0.2) is 23.7 Å². The first-order chi connectivity index (χ1) is 8.78. The highest BCUT2D eigenvalue weighted by Crippen LogP contribution is 2.23. The van der Waals surface area contributed by atoms with Crippen LogP contribution in [0.4, 0.5) is 5.69 Å². The summed E-state index contributed by atoms with van der Waals surface area (Å²) in [4.78, 5) is 4.52. The van der Waals surface area contributed by atoms with Gasteiger partial charge in [0.15, 0.2) is 0 Å². The molecule has 0 atom stereocenters. The summed E-state index contributed by atoms with van der Waals surface area (Å²) < 4.78 is 24.1. The molecule has 19 heavy (non-hydrogen) atoms. The summed E-state index contributed by atoms with van der Waals surface area (Å²) in [5, 5.41) is 5.06. The van der Waals surface area contributed by atoms with Gasteiger partial charge in [-0.05, 0) is 18.2 Å². The highest BCUT2D eigenvalue weighted by atomic mass is 32.2. The smallest absolute Gasteiger partial charge is 0.210 e. The molecule has 2 aromatic rings. The Balaban J connectivity index is 2.52. The van der Waals surface area contributed by atoms with Crippen LogP contribution in [0.5, 0.6) is 0 Å². The molecule has 4 N–H and O–H groups in total. The first kappa shape index (κ1) is 13.8. The Labute approximate surface area is 112 Å². The number of hydrogen-bond donors (Lipinski definition) is 2. The molecule has 1 aromatic carbocycles. The number of nitrogen functional groups attached to an aromatic ring is 1. The number of anilines is 1. The third-order valence-electron chi connectivity index (χ3n) is 2.92. The number of fused-ring (bicyclic) bond motifs is 1. The molecule has 0 unspecified atom stereocenters. The number of sulfonamides is 1. The number of nitrogens with zero attached hydrogens (tertiary/aromatic N) is 2. The molecule has 0 saturated heterocycles. The lowest BCUT2D eigenvalue weighted by atomic mass is 10.2. The maximum Gasteiger partial charge on any atom is 0.210 e. The summed E-state index contributed by atoms with van der Waals surface area (Å²) in [5.41, 5.74) is 8.03. The molecule has 7 heteroatoms. The van der Waals surface area contributed by atoms with Crippen molar-refractivity contribution in [1.82, 2.24) is 9.55 Å². The van der Waals surface area contributed by atoms with Crippen molar-refractivity contribution in [2.24, 2.45) is 5.14 Å². The van der Waals surface area contributed by atoms with Crippen LogP contribution in [0.2, 0.25) is 0 Å². The predicted molar refractivity (Wildman–Crippen MR) is 76.2 cm³/mol. The van der Waals surface area contributed by atoms with E-state index in [4.69, 9.17) is 10.9 Å². The van der Waals surface area contributed by atoms with Crippen LogP contribution in [0.15, 0.2) is 18.2 Å². The average molecular weight is 282 g/mol. The number of aromatic nitrogens is 2. The molecule has 104 valence electrons. The maximum atomic E-state index is 11.1. The summed E-state index contributed by atoms with van der Waals surface area (Å²) in [6.07, 6.45) is 0. The van der Waals surface area contributed by atoms with Crippen LogP contribution >= 0.6 is 0 Å². The van der Waals surface area contributed by atoms with Crippen molar-refractivity contribution in [3.8, 4) is 0 Å². The normalized spacial score (nSPS) is 12.4.